The number of nitrogens with zero attached hydrogens (tertiary/aromatic N) is 1. The standard InChI is InChI=1S/C13H16N2O3/c1-9-11(17-2)5-4-10(13(9)18-3)8-15-12(16)6-7-14/h4-5H,6,8H2,1-3H3,(H,15,16). The van der Waals surface area contributed by atoms with Crippen molar-refractivity contribution in [3.8, 4) is 17.6 Å². The largest absolute Gasteiger partial charge is 0.496 e. The smallest absolute Gasteiger partial charge is 0.234 e. The number of benzene rings is 1. The molecule has 0 aliphatic rings. The first kappa shape index (κ1) is 13.8. The van der Waals surface area contributed by atoms with Crippen molar-refractivity contribution >= 4 is 5.91 Å². The number of ether oxygens (including phenoxy) is 2. The van der Waals surface area contributed by atoms with Gasteiger partial charge in [-0.05, 0) is 19.1 Å². The van der Waals surface area contributed by atoms with Gasteiger partial charge in [-0.3, -0.25) is 4.79 Å². The molecule has 1 N–H and O–H groups in total. The van der Waals surface area contributed by atoms with E-state index in [0.29, 0.717) is 12.3 Å². The number of nitriles is 1. The molecule has 0 bridgehead atoms. The zero-order valence-electron chi connectivity index (χ0n) is 10.7. The highest BCUT2D eigenvalue weighted by Gasteiger charge is 2.11. The number of carbonyl (C=O) groups is 1. The van der Waals surface area contributed by atoms with E-state index in [9.17, 15) is 4.79 Å². The molecule has 1 rings (SSSR count). The molecule has 96 valence electrons. The molecule has 0 fully saturated rings. The fraction of sp³-hybridized carbons (Fsp3) is 0.385. The van der Waals surface area contributed by atoms with Gasteiger partial charge in [0.05, 0.1) is 20.3 Å². The second-order valence-corrected chi connectivity index (χ2v) is 3.70. The Balaban J connectivity index is 2.87. The van der Waals surface area contributed by atoms with Crippen molar-refractivity contribution in [3.63, 3.8) is 0 Å². The highest BCUT2D eigenvalue weighted by Crippen LogP contribution is 2.31. The zero-order valence-corrected chi connectivity index (χ0v) is 10.7. The van der Waals surface area contributed by atoms with Gasteiger partial charge in [0.1, 0.15) is 17.9 Å². The van der Waals surface area contributed by atoms with E-state index in [0.717, 1.165) is 16.9 Å². The monoisotopic (exact) mass is 248 g/mol. The summed E-state index contributed by atoms with van der Waals surface area (Å²) in [5.41, 5.74) is 1.73. The number of hydrogen-bond acceptors (Lipinski definition) is 4. The molecular formula is C13H16N2O3. The molecule has 0 aliphatic carbocycles. The maximum absolute atomic E-state index is 11.2. The van der Waals surface area contributed by atoms with E-state index in [2.05, 4.69) is 5.32 Å². The van der Waals surface area contributed by atoms with Crippen LogP contribution < -0.4 is 14.8 Å². The third kappa shape index (κ3) is 3.14. The summed E-state index contributed by atoms with van der Waals surface area (Å²) in [7, 11) is 3.17. The second kappa shape index (κ2) is 6.50. The van der Waals surface area contributed by atoms with Crippen LogP contribution in [0.3, 0.4) is 0 Å². The topological polar surface area (TPSA) is 71.3 Å². The summed E-state index contributed by atoms with van der Waals surface area (Å²) in [6, 6.07) is 5.45. The van der Waals surface area contributed by atoms with Crippen molar-refractivity contribution in [2.24, 2.45) is 0 Å². The molecule has 18 heavy (non-hydrogen) atoms. The number of nitrogens with one attached hydrogen (secondary N) is 1. The van der Waals surface area contributed by atoms with Crippen molar-refractivity contribution in [1.82, 2.24) is 5.32 Å². The third-order valence-corrected chi connectivity index (χ3v) is 2.58. The molecule has 1 aromatic rings. The van der Waals surface area contributed by atoms with Crippen molar-refractivity contribution in [1.29, 1.82) is 5.26 Å². The highest BCUT2D eigenvalue weighted by atomic mass is 16.5. The van der Waals surface area contributed by atoms with Gasteiger partial charge in [0.25, 0.3) is 0 Å². The van der Waals surface area contributed by atoms with Gasteiger partial charge in [0.15, 0.2) is 0 Å². The quantitative estimate of drug-likeness (QED) is 0.858. The average molecular weight is 248 g/mol. The molecule has 0 radical (unpaired) electrons. The Hall–Kier alpha value is -2.22. The van der Waals surface area contributed by atoms with Crippen LogP contribution in [0.25, 0.3) is 0 Å². The lowest BCUT2D eigenvalue weighted by Gasteiger charge is -2.14. The minimum absolute atomic E-state index is 0.141. The van der Waals surface area contributed by atoms with Crippen molar-refractivity contribution in [3.05, 3.63) is 23.3 Å². The normalized spacial score (nSPS) is 9.44. The molecule has 0 unspecified atom stereocenters. The minimum Gasteiger partial charge on any atom is -0.496 e. The van der Waals surface area contributed by atoms with E-state index >= 15 is 0 Å². The van der Waals surface area contributed by atoms with E-state index < -0.39 is 0 Å². The maximum atomic E-state index is 11.2. The summed E-state index contributed by atoms with van der Waals surface area (Å²) in [6.45, 7) is 2.22. The Labute approximate surface area is 106 Å². The summed E-state index contributed by atoms with van der Waals surface area (Å²) in [5, 5.41) is 11.1. The van der Waals surface area contributed by atoms with Crippen molar-refractivity contribution < 1.29 is 14.3 Å². The fourth-order valence-corrected chi connectivity index (χ4v) is 1.70. The molecule has 0 aliphatic heterocycles. The molecule has 5 heteroatoms. The first-order valence-electron chi connectivity index (χ1n) is 5.48. The summed E-state index contributed by atoms with van der Waals surface area (Å²) >= 11 is 0. The first-order valence-corrected chi connectivity index (χ1v) is 5.48. The third-order valence-electron chi connectivity index (χ3n) is 2.58. The van der Waals surface area contributed by atoms with Gasteiger partial charge in [0.2, 0.25) is 5.91 Å². The summed E-state index contributed by atoms with van der Waals surface area (Å²) in [5.74, 6) is 1.12. The van der Waals surface area contributed by atoms with E-state index in [1.54, 1.807) is 20.3 Å². The van der Waals surface area contributed by atoms with Crippen LogP contribution in [0.5, 0.6) is 11.5 Å². The zero-order chi connectivity index (χ0) is 13.5. The lowest BCUT2D eigenvalue weighted by atomic mass is 10.1. The van der Waals surface area contributed by atoms with Crippen LogP contribution >= 0.6 is 0 Å². The molecule has 0 aromatic heterocycles. The van der Waals surface area contributed by atoms with E-state index in [1.807, 2.05) is 19.1 Å². The van der Waals surface area contributed by atoms with Crippen LogP contribution in [0.1, 0.15) is 17.5 Å². The maximum Gasteiger partial charge on any atom is 0.234 e. The SMILES string of the molecule is COc1ccc(CNC(=O)CC#N)c(OC)c1C. The molecule has 0 atom stereocenters. The number of methoxy groups -OCH3 is 2. The first-order chi connectivity index (χ1) is 8.63. The summed E-state index contributed by atoms with van der Waals surface area (Å²) < 4.78 is 10.5. The molecule has 0 saturated heterocycles. The van der Waals surface area contributed by atoms with Gasteiger partial charge in [0, 0.05) is 17.7 Å². The molecule has 0 spiro atoms. The van der Waals surface area contributed by atoms with Gasteiger partial charge < -0.3 is 14.8 Å². The van der Waals surface area contributed by atoms with Crippen LogP contribution in [0.2, 0.25) is 0 Å². The Morgan fingerprint density at radius 3 is 2.67 bits per heavy atom. The van der Waals surface area contributed by atoms with Crippen molar-refractivity contribution in [2.75, 3.05) is 14.2 Å². The van der Waals surface area contributed by atoms with E-state index in [-0.39, 0.29) is 12.3 Å². The average Bonchev–Trinajstić information content (AvgIpc) is 2.36. The molecular weight excluding hydrogens is 232 g/mol. The number of carbonyl (C=O) groups excluding carboxylic acids is 1. The van der Waals surface area contributed by atoms with Crippen LogP contribution in [0, 0.1) is 18.3 Å². The van der Waals surface area contributed by atoms with E-state index in [4.69, 9.17) is 14.7 Å². The van der Waals surface area contributed by atoms with Crippen LogP contribution in [-0.4, -0.2) is 20.1 Å². The fourth-order valence-electron chi connectivity index (χ4n) is 1.70. The number of hydrogen-bond donors (Lipinski definition) is 1. The lowest BCUT2D eigenvalue weighted by Crippen LogP contribution is -2.22. The lowest BCUT2D eigenvalue weighted by molar-refractivity contribution is -0.120. The van der Waals surface area contributed by atoms with Gasteiger partial charge in [-0.1, -0.05) is 0 Å². The van der Waals surface area contributed by atoms with E-state index in [1.165, 1.54) is 0 Å². The van der Waals surface area contributed by atoms with Gasteiger partial charge in [-0.25, -0.2) is 0 Å². The molecule has 0 heterocycles. The summed E-state index contributed by atoms with van der Waals surface area (Å²) in [4.78, 5) is 11.2. The van der Waals surface area contributed by atoms with Gasteiger partial charge >= 0.3 is 0 Å². The molecule has 5 nitrogen and oxygen atoms in total. The minimum atomic E-state index is -0.298. The second-order valence-electron chi connectivity index (χ2n) is 3.70. The van der Waals surface area contributed by atoms with Crippen molar-refractivity contribution in [2.45, 2.75) is 19.9 Å². The van der Waals surface area contributed by atoms with Crippen LogP contribution in [-0.2, 0) is 11.3 Å². The van der Waals surface area contributed by atoms with Gasteiger partial charge in [-0.2, -0.15) is 5.26 Å². The number of rotatable bonds is 5. The predicted molar refractivity (Wildman–Crippen MR) is 66.4 cm³/mol. The van der Waals surface area contributed by atoms with Crippen LogP contribution in [0.4, 0.5) is 0 Å². The van der Waals surface area contributed by atoms with Crippen LogP contribution in [0.15, 0.2) is 12.1 Å². The molecule has 1 amide bonds. The highest BCUT2D eigenvalue weighted by molar-refractivity contribution is 5.78. The Kier molecular flexibility index (Phi) is 5.00. The Bertz CT molecular complexity index is 478. The summed E-state index contributed by atoms with van der Waals surface area (Å²) in [6.07, 6.45) is -0.141. The molecule has 0 saturated carbocycles. The molecule has 1 aromatic carbocycles. The Morgan fingerprint density at radius 1 is 1.39 bits per heavy atom. The predicted octanol–water partition coefficient (Wildman–Crippen LogP) is 1.54. The van der Waals surface area contributed by atoms with Gasteiger partial charge in [-0.15, -0.1) is 0 Å². The Morgan fingerprint density at radius 2 is 2.11 bits per heavy atom. The number of amides is 1.